The summed E-state index contributed by atoms with van der Waals surface area (Å²) in [6.45, 7) is 3.14. The van der Waals surface area contributed by atoms with Gasteiger partial charge in [0, 0.05) is 51.1 Å². The molecule has 166 valence electrons. The molecule has 0 spiro atoms. The first-order valence-electron chi connectivity index (χ1n) is 10.7. The third kappa shape index (κ3) is 5.19. The zero-order chi connectivity index (χ0) is 21.6. The fourth-order valence-corrected chi connectivity index (χ4v) is 4.20. The van der Waals surface area contributed by atoms with E-state index in [2.05, 4.69) is 10.2 Å². The van der Waals surface area contributed by atoms with E-state index in [0.29, 0.717) is 38.5 Å². The summed E-state index contributed by atoms with van der Waals surface area (Å²) in [5.41, 5.74) is 1.00. The van der Waals surface area contributed by atoms with Crippen LogP contribution < -0.4 is 14.8 Å². The molecule has 8 heteroatoms. The number of benzene rings is 1. The van der Waals surface area contributed by atoms with Crippen molar-refractivity contribution in [2.75, 3.05) is 33.3 Å². The van der Waals surface area contributed by atoms with Crippen molar-refractivity contribution in [3.63, 3.8) is 0 Å². The maximum absolute atomic E-state index is 13.0. The van der Waals surface area contributed by atoms with Gasteiger partial charge in [-0.1, -0.05) is 12.1 Å². The van der Waals surface area contributed by atoms with E-state index in [0.717, 1.165) is 24.2 Å². The number of nitrogens with zero attached hydrogens (tertiary/aromatic N) is 2. The molecule has 1 aromatic carbocycles. The third-order valence-corrected chi connectivity index (χ3v) is 5.93. The minimum absolute atomic E-state index is 0.00925. The quantitative estimate of drug-likeness (QED) is 0.728. The number of hydrogen-bond acceptors (Lipinski definition) is 6. The summed E-state index contributed by atoms with van der Waals surface area (Å²) in [7, 11) is 1.63. The fourth-order valence-electron chi connectivity index (χ4n) is 4.20. The van der Waals surface area contributed by atoms with Gasteiger partial charge in [-0.15, -0.1) is 0 Å². The number of piperazine rings is 1. The van der Waals surface area contributed by atoms with Crippen molar-refractivity contribution >= 4 is 11.8 Å². The normalized spacial score (nSPS) is 20.4. The number of carbonyl (C=O) groups is 2. The molecule has 0 bridgehead atoms. The molecule has 2 aromatic rings. The van der Waals surface area contributed by atoms with Crippen molar-refractivity contribution in [2.24, 2.45) is 0 Å². The Labute approximate surface area is 182 Å². The number of para-hydroxylation sites is 2. The van der Waals surface area contributed by atoms with Crippen LogP contribution in [0.25, 0.3) is 0 Å². The Balaban J connectivity index is 1.31. The lowest BCUT2D eigenvalue weighted by molar-refractivity contribution is -0.140. The van der Waals surface area contributed by atoms with Crippen LogP contribution in [0.15, 0.2) is 47.3 Å². The van der Waals surface area contributed by atoms with Crippen LogP contribution >= 0.6 is 0 Å². The number of hydrogen-bond donors (Lipinski definition) is 1. The predicted molar refractivity (Wildman–Crippen MR) is 114 cm³/mol. The molecular weight excluding hydrogens is 398 g/mol. The number of piperidine rings is 1. The lowest BCUT2D eigenvalue weighted by atomic mass is 10.0. The van der Waals surface area contributed by atoms with E-state index in [1.165, 1.54) is 0 Å². The van der Waals surface area contributed by atoms with Gasteiger partial charge in [-0.05, 0) is 18.2 Å². The van der Waals surface area contributed by atoms with E-state index < -0.39 is 6.04 Å². The Kier molecular flexibility index (Phi) is 6.76. The van der Waals surface area contributed by atoms with Crippen molar-refractivity contribution in [1.82, 2.24) is 15.1 Å². The number of methoxy groups -OCH3 is 1. The second kappa shape index (κ2) is 9.87. The SMILES string of the molecule is COc1ccccc1OC1CCN(C(=O)C[C@H]2C(=O)NCCN2Cc2ccoc2)CC1. The van der Waals surface area contributed by atoms with Crippen LogP contribution in [0, 0.1) is 0 Å². The number of rotatable bonds is 7. The Hall–Kier alpha value is -3.00. The van der Waals surface area contributed by atoms with E-state index in [4.69, 9.17) is 13.9 Å². The first-order valence-corrected chi connectivity index (χ1v) is 10.7. The van der Waals surface area contributed by atoms with Crippen LogP contribution in [-0.4, -0.2) is 67.0 Å². The van der Waals surface area contributed by atoms with Crippen molar-refractivity contribution in [1.29, 1.82) is 0 Å². The topological polar surface area (TPSA) is 84.2 Å². The predicted octanol–water partition coefficient (Wildman–Crippen LogP) is 2.05. The molecule has 2 fully saturated rings. The highest BCUT2D eigenvalue weighted by Gasteiger charge is 2.34. The van der Waals surface area contributed by atoms with Gasteiger partial charge in [0.1, 0.15) is 6.10 Å². The molecule has 0 radical (unpaired) electrons. The fraction of sp³-hybridized carbons (Fsp3) is 0.478. The summed E-state index contributed by atoms with van der Waals surface area (Å²) in [6, 6.07) is 9.02. The summed E-state index contributed by atoms with van der Waals surface area (Å²) in [6.07, 6.45) is 5.02. The standard InChI is InChI=1S/C23H29N3O5/c1-29-20-4-2-3-5-21(20)31-18-6-10-25(11-7-18)22(27)14-19-23(28)24-9-12-26(19)15-17-8-13-30-16-17/h2-5,8,13,16,18-19H,6-7,9-12,14-15H2,1H3,(H,24,28)/t19-/m0/s1. The molecule has 0 unspecified atom stereocenters. The summed E-state index contributed by atoms with van der Waals surface area (Å²) in [4.78, 5) is 29.4. The van der Waals surface area contributed by atoms with Gasteiger partial charge in [0.2, 0.25) is 11.8 Å². The smallest absolute Gasteiger partial charge is 0.237 e. The van der Waals surface area contributed by atoms with Crippen LogP contribution in [0.2, 0.25) is 0 Å². The van der Waals surface area contributed by atoms with Crippen molar-refractivity contribution < 1.29 is 23.5 Å². The maximum Gasteiger partial charge on any atom is 0.237 e. The molecule has 8 nitrogen and oxygen atoms in total. The van der Waals surface area contributed by atoms with Gasteiger partial charge in [0.15, 0.2) is 11.5 Å². The molecule has 2 saturated heterocycles. The van der Waals surface area contributed by atoms with Gasteiger partial charge in [-0.3, -0.25) is 14.5 Å². The monoisotopic (exact) mass is 427 g/mol. The van der Waals surface area contributed by atoms with Gasteiger partial charge >= 0.3 is 0 Å². The van der Waals surface area contributed by atoms with Crippen LogP contribution in [0.4, 0.5) is 0 Å². The Bertz CT molecular complexity index is 877. The lowest BCUT2D eigenvalue weighted by Gasteiger charge is -2.37. The number of likely N-dealkylation sites (tertiary alicyclic amines) is 1. The Morgan fingerprint density at radius 3 is 2.65 bits per heavy atom. The molecule has 1 N–H and O–H groups in total. The van der Waals surface area contributed by atoms with E-state index in [9.17, 15) is 9.59 Å². The largest absolute Gasteiger partial charge is 0.493 e. The number of carbonyl (C=O) groups excluding carboxylic acids is 2. The molecular formula is C23H29N3O5. The second-order valence-corrected chi connectivity index (χ2v) is 7.96. The van der Waals surface area contributed by atoms with E-state index in [1.54, 1.807) is 19.6 Å². The van der Waals surface area contributed by atoms with E-state index >= 15 is 0 Å². The first-order chi connectivity index (χ1) is 15.1. The molecule has 31 heavy (non-hydrogen) atoms. The van der Waals surface area contributed by atoms with Gasteiger partial charge < -0.3 is 24.1 Å². The minimum atomic E-state index is -0.460. The molecule has 2 amide bonds. The van der Waals surface area contributed by atoms with Crippen molar-refractivity contribution in [3.8, 4) is 11.5 Å². The molecule has 0 saturated carbocycles. The second-order valence-electron chi connectivity index (χ2n) is 7.96. The highest BCUT2D eigenvalue weighted by atomic mass is 16.5. The molecule has 2 aliphatic rings. The average molecular weight is 428 g/mol. The molecule has 1 aromatic heterocycles. The van der Waals surface area contributed by atoms with Crippen LogP contribution in [0.5, 0.6) is 11.5 Å². The third-order valence-electron chi connectivity index (χ3n) is 5.93. The lowest BCUT2D eigenvalue weighted by Crippen LogP contribution is -2.56. The summed E-state index contributed by atoms with van der Waals surface area (Å²) < 4.78 is 16.6. The summed E-state index contributed by atoms with van der Waals surface area (Å²) in [5, 5.41) is 2.89. The number of nitrogens with one attached hydrogen (secondary N) is 1. The van der Waals surface area contributed by atoms with Crippen LogP contribution in [0.1, 0.15) is 24.8 Å². The zero-order valence-corrected chi connectivity index (χ0v) is 17.8. The van der Waals surface area contributed by atoms with Crippen LogP contribution in [0.3, 0.4) is 0 Å². The van der Waals surface area contributed by atoms with Crippen LogP contribution in [-0.2, 0) is 16.1 Å². The summed E-state index contributed by atoms with van der Waals surface area (Å²) in [5.74, 6) is 1.36. The van der Waals surface area contributed by atoms with Gasteiger partial charge in [0.05, 0.1) is 32.1 Å². The number of furan rings is 1. The first kappa shape index (κ1) is 21.2. The highest BCUT2D eigenvalue weighted by molar-refractivity contribution is 5.88. The number of amides is 2. The van der Waals surface area contributed by atoms with Crippen molar-refractivity contribution in [3.05, 3.63) is 48.4 Å². The minimum Gasteiger partial charge on any atom is -0.493 e. The van der Waals surface area contributed by atoms with Gasteiger partial charge in [0.25, 0.3) is 0 Å². The molecule has 1 atom stereocenters. The Morgan fingerprint density at radius 1 is 1.16 bits per heavy atom. The van der Waals surface area contributed by atoms with E-state index in [-0.39, 0.29) is 24.3 Å². The van der Waals surface area contributed by atoms with Crippen molar-refractivity contribution in [2.45, 2.75) is 38.0 Å². The maximum atomic E-state index is 13.0. The Morgan fingerprint density at radius 2 is 1.94 bits per heavy atom. The van der Waals surface area contributed by atoms with Gasteiger partial charge in [-0.2, -0.15) is 0 Å². The number of ether oxygens (including phenoxy) is 2. The molecule has 2 aliphatic heterocycles. The average Bonchev–Trinajstić information content (AvgIpc) is 3.30. The molecule has 0 aliphatic carbocycles. The van der Waals surface area contributed by atoms with Gasteiger partial charge in [-0.25, -0.2) is 0 Å². The van der Waals surface area contributed by atoms with E-state index in [1.807, 2.05) is 35.2 Å². The zero-order valence-electron chi connectivity index (χ0n) is 17.8. The molecule has 3 heterocycles. The summed E-state index contributed by atoms with van der Waals surface area (Å²) >= 11 is 0. The molecule has 4 rings (SSSR count). The highest BCUT2D eigenvalue weighted by Crippen LogP contribution is 2.29.